The lowest BCUT2D eigenvalue weighted by atomic mass is 10.2. The lowest BCUT2D eigenvalue weighted by Gasteiger charge is -2.05. The number of fused-ring (bicyclic) bond motifs is 1. The van der Waals surface area contributed by atoms with Gasteiger partial charge in [-0.1, -0.05) is 6.92 Å². The molecule has 0 aliphatic heterocycles. The number of rotatable bonds is 2. The summed E-state index contributed by atoms with van der Waals surface area (Å²) >= 11 is 0. The van der Waals surface area contributed by atoms with Crippen molar-refractivity contribution < 1.29 is 0 Å². The van der Waals surface area contributed by atoms with Gasteiger partial charge in [0.1, 0.15) is 0 Å². The Hall–Kier alpha value is -1.75. The standard InChI is InChI=1S/C13H14N2/c1-3-12-8-11-7-10(9-14)5-6-13(11)15(12)4-2/h5-8H,3-4H2,1-2H3. The number of nitrogens with zero attached hydrogens (tertiary/aromatic N) is 2. The molecule has 0 saturated carbocycles. The van der Waals surface area contributed by atoms with E-state index >= 15 is 0 Å². The van der Waals surface area contributed by atoms with Gasteiger partial charge in [0.25, 0.3) is 0 Å². The fraction of sp³-hybridized carbons (Fsp3) is 0.308. The van der Waals surface area contributed by atoms with Gasteiger partial charge in [-0.3, -0.25) is 0 Å². The maximum absolute atomic E-state index is 8.83. The number of aromatic nitrogens is 1. The molecule has 0 saturated heterocycles. The Morgan fingerprint density at radius 2 is 2.07 bits per heavy atom. The van der Waals surface area contributed by atoms with Crippen LogP contribution in [0.15, 0.2) is 24.3 Å². The van der Waals surface area contributed by atoms with Gasteiger partial charge in [-0.15, -0.1) is 0 Å². The number of hydrogen-bond donors (Lipinski definition) is 0. The highest BCUT2D eigenvalue weighted by atomic mass is 15.0. The van der Waals surface area contributed by atoms with Crippen LogP contribution in [-0.2, 0) is 13.0 Å². The van der Waals surface area contributed by atoms with Crippen molar-refractivity contribution in [2.24, 2.45) is 0 Å². The molecule has 1 heterocycles. The quantitative estimate of drug-likeness (QED) is 0.729. The lowest BCUT2D eigenvalue weighted by Crippen LogP contribution is -1.98. The van der Waals surface area contributed by atoms with Crippen molar-refractivity contribution in [3.63, 3.8) is 0 Å². The van der Waals surface area contributed by atoms with E-state index in [-0.39, 0.29) is 0 Å². The highest BCUT2D eigenvalue weighted by molar-refractivity contribution is 5.82. The first-order chi connectivity index (χ1) is 7.30. The van der Waals surface area contributed by atoms with Crippen LogP contribution in [-0.4, -0.2) is 4.57 Å². The van der Waals surface area contributed by atoms with Gasteiger partial charge in [-0.25, -0.2) is 0 Å². The molecular formula is C13H14N2. The van der Waals surface area contributed by atoms with E-state index in [1.165, 1.54) is 16.6 Å². The third-order valence-electron chi connectivity index (χ3n) is 2.79. The van der Waals surface area contributed by atoms with Crippen molar-refractivity contribution in [3.8, 4) is 6.07 Å². The molecule has 0 spiro atoms. The third kappa shape index (κ3) is 1.50. The lowest BCUT2D eigenvalue weighted by molar-refractivity contribution is 0.746. The topological polar surface area (TPSA) is 28.7 Å². The van der Waals surface area contributed by atoms with E-state index in [2.05, 4.69) is 30.6 Å². The Labute approximate surface area is 89.7 Å². The molecule has 2 heteroatoms. The number of aryl methyl sites for hydroxylation is 2. The van der Waals surface area contributed by atoms with E-state index in [9.17, 15) is 0 Å². The van der Waals surface area contributed by atoms with Gasteiger partial charge < -0.3 is 4.57 Å². The summed E-state index contributed by atoms with van der Waals surface area (Å²) in [7, 11) is 0. The molecule has 1 aromatic carbocycles. The van der Waals surface area contributed by atoms with Gasteiger partial charge in [0, 0.05) is 23.1 Å². The molecule has 0 N–H and O–H groups in total. The summed E-state index contributed by atoms with van der Waals surface area (Å²) in [6, 6.07) is 10.2. The van der Waals surface area contributed by atoms with E-state index in [1.807, 2.05) is 18.2 Å². The smallest absolute Gasteiger partial charge is 0.0991 e. The van der Waals surface area contributed by atoms with Crippen LogP contribution < -0.4 is 0 Å². The summed E-state index contributed by atoms with van der Waals surface area (Å²) in [5.41, 5.74) is 3.30. The maximum Gasteiger partial charge on any atom is 0.0991 e. The van der Waals surface area contributed by atoms with Crippen LogP contribution in [0.4, 0.5) is 0 Å². The summed E-state index contributed by atoms with van der Waals surface area (Å²) in [6.45, 7) is 5.29. The molecule has 2 nitrogen and oxygen atoms in total. The minimum Gasteiger partial charge on any atom is -0.345 e. The third-order valence-corrected chi connectivity index (χ3v) is 2.79. The van der Waals surface area contributed by atoms with Crippen molar-refractivity contribution >= 4 is 10.9 Å². The largest absolute Gasteiger partial charge is 0.345 e. The zero-order chi connectivity index (χ0) is 10.8. The molecule has 76 valence electrons. The predicted octanol–water partition coefficient (Wildman–Crippen LogP) is 3.10. The Balaban J connectivity index is 2.72. The molecular weight excluding hydrogens is 184 g/mol. The average Bonchev–Trinajstić information content (AvgIpc) is 2.65. The fourth-order valence-electron chi connectivity index (χ4n) is 2.06. The molecule has 0 unspecified atom stereocenters. The highest BCUT2D eigenvalue weighted by Crippen LogP contribution is 2.21. The van der Waals surface area contributed by atoms with Crippen LogP contribution in [0.3, 0.4) is 0 Å². The molecule has 0 amide bonds. The molecule has 2 aromatic rings. The number of benzene rings is 1. The van der Waals surface area contributed by atoms with Crippen LogP contribution in [0, 0.1) is 11.3 Å². The Morgan fingerprint density at radius 1 is 1.27 bits per heavy atom. The zero-order valence-electron chi connectivity index (χ0n) is 9.12. The van der Waals surface area contributed by atoms with Crippen molar-refractivity contribution in [3.05, 3.63) is 35.5 Å². The second-order valence-corrected chi connectivity index (χ2v) is 3.62. The molecule has 0 radical (unpaired) electrons. The summed E-state index contributed by atoms with van der Waals surface area (Å²) in [5.74, 6) is 0. The molecule has 0 aliphatic rings. The van der Waals surface area contributed by atoms with Gasteiger partial charge in [0.15, 0.2) is 0 Å². The van der Waals surface area contributed by atoms with Gasteiger partial charge >= 0.3 is 0 Å². The second kappa shape index (κ2) is 3.78. The Morgan fingerprint density at radius 3 is 2.67 bits per heavy atom. The van der Waals surface area contributed by atoms with Crippen LogP contribution >= 0.6 is 0 Å². The SMILES string of the molecule is CCc1cc2cc(C#N)ccc2n1CC. The average molecular weight is 198 g/mol. The first-order valence-corrected chi connectivity index (χ1v) is 5.32. The Bertz CT molecular complexity index is 529. The molecule has 0 bridgehead atoms. The first-order valence-electron chi connectivity index (χ1n) is 5.32. The molecule has 0 fully saturated rings. The van der Waals surface area contributed by atoms with E-state index in [0.717, 1.165) is 18.5 Å². The molecule has 0 aliphatic carbocycles. The van der Waals surface area contributed by atoms with Crippen molar-refractivity contribution in [2.75, 3.05) is 0 Å². The maximum atomic E-state index is 8.83. The van der Waals surface area contributed by atoms with Crippen LogP contribution in [0.5, 0.6) is 0 Å². The fourth-order valence-corrected chi connectivity index (χ4v) is 2.06. The number of nitriles is 1. The minimum atomic E-state index is 0.735. The van der Waals surface area contributed by atoms with E-state index in [4.69, 9.17) is 5.26 Å². The van der Waals surface area contributed by atoms with Crippen LogP contribution in [0.25, 0.3) is 10.9 Å². The molecule has 1 aromatic heterocycles. The van der Waals surface area contributed by atoms with Crippen molar-refractivity contribution in [2.45, 2.75) is 26.8 Å². The van der Waals surface area contributed by atoms with Gasteiger partial charge in [0.2, 0.25) is 0 Å². The zero-order valence-corrected chi connectivity index (χ0v) is 9.12. The molecule has 0 atom stereocenters. The first kappa shape index (κ1) is 9.79. The van der Waals surface area contributed by atoms with E-state index in [0.29, 0.717) is 0 Å². The molecule has 15 heavy (non-hydrogen) atoms. The molecule has 2 rings (SSSR count). The second-order valence-electron chi connectivity index (χ2n) is 3.62. The summed E-state index contributed by atoms with van der Waals surface area (Å²) in [6.07, 6.45) is 1.03. The van der Waals surface area contributed by atoms with Gasteiger partial charge in [0.05, 0.1) is 11.6 Å². The summed E-state index contributed by atoms with van der Waals surface area (Å²) in [4.78, 5) is 0. The van der Waals surface area contributed by atoms with E-state index in [1.54, 1.807) is 0 Å². The van der Waals surface area contributed by atoms with Gasteiger partial charge in [-0.2, -0.15) is 5.26 Å². The normalized spacial score (nSPS) is 10.5. The van der Waals surface area contributed by atoms with Crippen LogP contribution in [0.1, 0.15) is 25.1 Å². The Kier molecular flexibility index (Phi) is 2.47. The van der Waals surface area contributed by atoms with Crippen LogP contribution in [0.2, 0.25) is 0 Å². The minimum absolute atomic E-state index is 0.735. The monoisotopic (exact) mass is 198 g/mol. The van der Waals surface area contributed by atoms with Gasteiger partial charge in [-0.05, 0) is 37.6 Å². The van der Waals surface area contributed by atoms with E-state index < -0.39 is 0 Å². The van der Waals surface area contributed by atoms with Crippen molar-refractivity contribution in [1.82, 2.24) is 4.57 Å². The predicted molar refractivity (Wildman–Crippen MR) is 61.7 cm³/mol. The number of hydrogen-bond acceptors (Lipinski definition) is 1. The summed E-state index contributed by atoms with van der Waals surface area (Å²) < 4.78 is 2.30. The summed E-state index contributed by atoms with van der Waals surface area (Å²) in [5, 5.41) is 10.0. The highest BCUT2D eigenvalue weighted by Gasteiger charge is 2.06. The van der Waals surface area contributed by atoms with Crippen molar-refractivity contribution in [1.29, 1.82) is 5.26 Å².